The maximum absolute atomic E-state index is 9.43. The number of hydrogen-bond acceptors (Lipinski definition) is 2. The minimum atomic E-state index is -0.0854. The van der Waals surface area contributed by atoms with Crippen molar-refractivity contribution in [3.63, 3.8) is 0 Å². The molecule has 0 unspecified atom stereocenters. The molecule has 1 saturated carbocycles. The molecule has 2 nitrogen and oxygen atoms in total. The molecule has 0 heterocycles. The van der Waals surface area contributed by atoms with Gasteiger partial charge in [-0.15, -0.1) is 0 Å². The number of rotatable bonds is 3. The van der Waals surface area contributed by atoms with E-state index in [9.17, 15) is 5.11 Å². The summed E-state index contributed by atoms with van der Waals surface area (Å²) in [7, 11) is 0. The van der Waals surface area contributed by atoms with Crippen molar-refractivity contribution in [2.24, 2.45) is 0 Å². The normalized spacial score (nSPS) is 24.9. The largest absolute Gasteiger partial charge is 0.393 e. The average Bonchev–Trinajstić information content (AvgIpc) is 2.33. The van der Waals surface area contributed by atoms with E-state index in [1.54, 1.807) is 0 Å². The molecule has 0 radical (unpaired) electrons. The standard InChI is InChI=1S/C13H17BrClNO/c14-12-7-9(1-6-13(12)15)8-16-10-2-4-11(17)5-3-10/h1,6-7,10-11,16-17H,2-5,8H2. The smallest absolute Gasteiger partial charge is 0.0548 e. The number of hydrogen-bond donors (Lipinski definition) is 2. The minimum absolute atomic E-state index is 0.0854. The van der Waals surface area contributed by atoms with Gasteiger partial charge in [0.25, 0.3) is 0 Å². The van der Waals surface area contributed by atoms with Gasteiger partial charge in [-0.05, 0) is 59.3 Å². The molecule has 0 saturated heterocycles. The first-order chi connectivity index (χ1) is 8.15. The lowest BCUT2D eigenvalue weighted by molar-refractivity contribution is 0.116. The Balaban J connectivity index is 1.83. The Bertz CT molecular complexity index is 378. The van der Waals surface area contributed by atoms with E-state index >= 15 is 0 Å². The molecule has 0 bridgehead atoms. The first kappa shape index (κ1) is 13.3. The molecule has 17 heavy (non-hydrogen) atoms. The highest BCUT2D eigenvalue weighted by Gasteiger charge is 2.18. The van der Waals surface area contributed by atoms with E-state index in [-0.39, 0.29) is 6.10 Å². The molecule has 2 N–H and O–H groups in total. The topological polar surface area (TPSA) is 32.3 Å². The molecule has 1 fully saturated rings. The number of aliphatic hydroxyl groups excluding tert-OH is 1. The Labute approximate surface area is 115 Å². The molecule has 1 aromatic rings. The first-order valence-electron chi connectivity index (χ1n) is 6.00. The van der Waals surface area contributed by atoms with Gasteiger partial charge in [-0.3, -0.25) is 0 Å². The molecule has 2 rings (SSSR count). The third-order valence-electron chi connectivity index (χ3n) is 3.28. The summed E-state index contributed by atoms with van der Waals surface area (Å²) < 4.78 is 0.942. The summed E-state index contributed by atoms with van der Waals surface area (Å²) in [6, 6.07) is 6.53. The summed E-state index contributed by atoms with van der Waals surface area (Å²) in [4.78, 5) is 0. The van der Waals surface area contributed by atoms with E-state index in [0.29, 0.717) is 6.04 Å². The third-order valence-corrected chi connectivity index (χ3v) is 4.49. The van der Waals surface area contributed by atoms with Crippen molar-refractivity contribution in [2.45, 2.75) is 44.4 Å². The number of benzene rings is 1. The third kappa shape index (κ3) is 3.95. The molecule has 0 spiro atoms. The van der Waals surface area contributed by atoms with Gasteiger partial charge < -0.3 is 10.4 Å². The van der Waals surface area contributed by atoms with Gasteiger partial charge in [-0.25, -0.2) is 0 Å². The van der Waals surface area contributed by atoms with Gasteiger partial charge in [-0.1, -0.05) is 17.7 Å². The summed E-state index contributed by atoms with van der Waals surface area (Å²) in [6.07, 6.45) is 3.88. The van der Waals surface area contributed by atoms with Gasteiger partial charge in [0.1, 0.15) is 0 Å². The van der Waals surface area contributed by atoms with Crippen LogP contribution in [0.15, 0.2) is 22.7 Å². The second kappa shape index (κ2) is 6.19. The van der Waals surface area contributed by atoms with E-state index in [4.69, 9.17) is 11.6 Å². The summed E-state index contributed by atoms with van der Waals surface area (Å²) in [5.41, 5.74) is 1.23. The summed E-state index contributed by atoms with van der Waals surface area (Å²) >= 11 is 9.38. The lowest BCUT2D eigenvalue weighted by Gasteiger charge is -2.26. The predicted octanol–water partition coefficient (Wildman–Crippen LogP) is 3.50. The predicted molar refractivity (Wildman–Crippen MR) is 74.3 cm³/mol. The van der Waals surface area contributed by atoms with Gasteiger partial charge in [0.05, 0.1) is 11.1 Å². The number of nitrogens with one attached hydrogen (secondary N) is 1. The fourth-order valence-corrected chi connectivity index (χ4v) is 2.74. The molecular formula is C13H17BrClNO. The van der Waals surface area contributed by atoms with Crippen LogP contribution in [0, 0.1) is 0 Å². The van der Waals surface area contributed by atoms with Crippen LogP contribution in [0.4, 0.5) is 0 Å². The van der Waals surface area contributed by atoms with Crippen LogP contribution in [0.3, 0.4) is 0 Å². The molecule has 0 atom stereocenters. The van der Waals surface area contributed by atoms with E-state index in [2.05, 4.69) is 21.2 Å². The lowest BCUT2D eigenvalue weighted by Crippen LogP contribution is -2.34. The zero-order chi connectivity index (χ0) is 12.3. The van der Waals surface area contributed by atoms with Crippen LogP contribution < -0.4 is 5.32 Å². The lowest BCUT2D eigenvalue weighted by atomic mass is 9.93. The summed E-state index contributed by atoms with van der Waals surface area (Å²) in [5.74, 6) is 0. The number of aliphatic hydroxyl groups is 1. The van der Waals surface area contributed by atoms with Crippen molar-refractivity contribution in [2.75, 3.05) is 0 Å². The summed E-state index contributed by atoms with van der Waals surface area (Å²) in [5, 5.41) is 13.7. The molecule has 94 valence electrons. The molecule has 0 aromatic heterocycles. The Morgan fingerprint density at radius 3 is 2.65 bits per heavy atom. The molecule has 1 aromatic carbocycles. The first-order valence-corrected chi connectivity index (χ1v) is 7.17. The van der Waals surface area contributed by atoms with Crippen molar-refractivity contribution in [1.29, 1.82) is 0 Å². The van der Waals surface area contributed by atoms with Crippen molar-refractivity contribution in [3.05, 3.63) is 33.3 Å². The molecule has 1 aliphatic rings. The quantitative estimate of drug-likeness (QED) is 0.894. The molecular weight excluding hydrogens is 302 g/mol. The van der Waals surface area contributed by atoms with E-state index in [1.807, 2.05) is 18.2 Å². The van der Waals surface area contributed by atoms with E-state index in [1.165, 1.54) is 5.56 Å². The average molecular weight is 319 g/mol. The van der Waals surface area contributed by atoms with E-state index < -0.39 is 0 Å². The van der Waals surface area contributed by atoms with Crippen molar-refractivity contribution in [3.8, 4) is 0 Å². The monoisotopic (exact) mass is 317 g/mol. The highest BCUT2D eigenvalue weighted by molar-refractivity contribution is 9.10. The van der Waals surface area contributed by atoms with Gasteiger partial charge >= 0.3 is 0 Å². The molecule has 1 aliphatic carbocycles. The Kier molecular flexibility index (Phi) is 4.86. The van der Waals surface area contributed by atoms with Gasteiger partial charge in [-0.2, -0.15) is 0 Å². The second-order valence-electron chi connectivity index (χ2n) is 4.63. The van der Waals surface area contributed by atoms with Crippen LogP contribution in [0.1, 0.15) is 31.2 Å². The van der Waals surface area contributed by atoms with Crippen LogP contribution in [0.5, 0.6) is 0 Å². The van der Waals surface area contributed by atoms with Crippen LogP contribution in [-0.4, -0.2) is 17.3 Å². The van der Waals surface area contributed by atoms with Crippen LogP contribution in [-0.2, 0) is 6.54 Å². The SMILES string of the molecule is OC1CCC(NCc2ccc(Cl)c(Br)c2)CC1. The van der Waals surface area contributed by atoms with Gasteiger partial charge in [0, 0.05) is 17.1 Å². The van der Waals surface area contributed by atoms with Crippen LogP contribution >= 0.6 is 27.5 Å². The fourth-order valence-electron chi connectivity index (χ4n) is 2.19. The number of halogens is 2. The van der Waals surface area contributed by atoms with Gasteiger partial charge in [0.2, 0.25) is 0 Å². The Hall–Kier alpha value is -0.0900. The Morgan fingerprint density at radius 2 is 2.00 bits per heavy atom. The molecule has 0 amide bonds. The maximum atomic E-state index is 9.43. The second-order valence-corrected chi connectivity index (χ2v) is 5.90. The maximum Gasteiger partial charge on any atom is 0.0548 e. The van der Waals surface area contributed by atoms with Crippen LogP contribution in [0.2, 0.25) is 5.02 Å². The van der Waals surface area contributed by atoms with Gasteiger partial charge in [0.15, 0.2) is 0 Å². The molecule has 4 heteroatoms. The molecule has 0 aliphatic heterocycles. The van der Waals surface area contributed by atoms with E-state index in [0.717, 1.165) is 41.7 Å². The highest BCUT2D eigenvalue weighted by atomic mass is 79.9. The van der Waals surface area contributed by atoms with Crippen LogP contribution in [0.25, 0.3) is 0 Å². The zero-order valence-electron chi connectivity index (χ0n) is 9.63. The zero-order valence-corrected chi connectivity index (χ0v) is 12.0. The van der Waals surface area contributed by atoms with Crippen molar-refractivity contribution < 1.29 is 5.11 Å². The minimum Gasteiger partial charge on any atom is -0.393 e. The summed E-state index contributed by atoms with van der Waals surface area (Å²) in [6.45, 7) is 0.858. The fraction of sp³-hybridized carbons (Fsp3) is 0.538. The highest BCUT2D eigenvalue weighted by Crippen LogP contribution is 2.24. The Morgan fingerprint density at radius 1 is 1.29 bits per heavy atom. The van der Waals surface area contributed by atoms with Crippen molar-refractivity contribution in [1.82, 2.24) is 5.32 Å². The van der Waals surface area contributed by atoms with Crippen molar-refractivity contribution >= 4 is 27.5 Å².